The van der Waals surface area contributed by atoms with Crippen molar-refractivity contribution in [1.29, 1.82) is 0 Å². The van der Waals surface area contributed by atoms with Gasteiger partial charge in [-0.25, -0.2) is 0 Å². The highest BCUT2D eigenvalue weighted by atomic mass is 79.9. The fourth-order valence-corrected chi connectivity index (χ4v) is 2.26. The Morgan fingerprint density at radius 1 is 1.20 bits per heavy atom. The average Bonchev–Trinajstić information content (AvgIpc) is 2.49. The van der Waals surface area contributed by atoms with Gasteiger partial charge in [0.2, 0.25) is 0 Å². The fraction of sp³-hybridized carbons (Fsp3) is 0.143. The number of hydrogen-bond acceptors (Lipinski definition) is 4. The van der Waals surface area contributed by atoms with Gasteiger partial charge in [-0.05, 0) is 23.3 Å². The van der Waals surface area contributed by atoms with Crippen molar-refractivity contribution in [2.45, 2.75) is 13.1 Å². The molecule has 1 aromatic carbocycles. The summed E-state index contributed by atoms with van der Waals surface area (Å²) in [4.78, 5) is 4.13. The molecule has 0 aliphatic rings. The van der Waals surface area contributed by atoms with E-state index in [-0.39, 0.29) is 5.84 Å². The number of pyridine rings is 1. The minimum Gasteiger partial charge on any atom is -0.409 e. The van der Waals surface area contributed by atoms with Gasteiger partial charge in [-0.2, -0.15) is 0 Å². The van der Waals surface area contributed by atoms with Gasteiger partial charge in [-0.1, -0.05) is 45.4 Å². The van der Waals surface area contributed by atoms with Gasteiger partial charge < -0.3 is 16.3 Å². The van der Waals surface area contributed by atoms with E-state index in [1.165, 1.54) is 5.56 Å². The van der Waals surface area contributed by atoms with Crippen LogP contribution in [0.2, 0.25) is 0 Å². The van der Waals surface area contributed by atoms with Crippen molar-refractivity contribution < 1.29 is 5.21 Å². The Labute approximate surface area is 125 Å². The number of aromatic nitrogens is 1. The molecule has 20 heavy (non-hydrogen) atoms. The van der Waals surface area contributed by atoms with Crippen molar-refractivity contribution in [3.63, 3.8) is 0 Å². The first kappa shape index (κ1) is 14.5. The molecule has 0 unspecified atom stereocenters. The first-order valence-electron chi connectivity index (χ1n) is 6.08. The van der Waals surface area contributed by atoms with Gasteiger partial charge in [-0.3, -0.25) is 4.98 Å². The van der Waals surface area contributed by atoms with Gasteiger partial charge in [0.25, 0.3) is 0 Å². The number of rotatable bonds is 5. The lowest BCUT2D eigenvalue weighted by atomic mass is 10.1. The Morgan fingerprint density at radius 3 is 2.65 bits per heavy atom. The van der Waals surface area contributed by atoms with E-state index in [0.29, 0.717) is 18.8 Å². The summed E-state index contributed by atoms with van der Waals surface area (Å²) in [6, 6.07) is 11.7. The zero-order valence-electron chi connectivity index (χ0n) is 10.8. The summed E-state index contributed by atoms with van der Waals surface area (Å²) in [7, 11) is 0. The van der Waals surface area contributed by atoms with Gasteiger partial charge in [-0.15, -0.1) is 0 Å². The van der Waals surface area contributed by atoms with Crippen molar-refractivity contribution in [1.82, 2.24) is 10.3 Å². The second-order valence-corrected chi connectivity index (χ2v) is 5.05. The summed E-state index contributed by atoms with van der Waals surface area (Å²) in [5.74, 6) is 0.0169. The van der Waals surface area contributed by atoms with Crippen molar-refractivity contribution in [3.8, 4) is 0 Å². The van der Waals surface area contributed by atoms with Crippen LogP contribution in [0.15, 0.2) is 52.2 Å². The summed E-state index contributed by atoms with van der Waals surface area (Å²) in [5, 5.41) is 15.1. The molecule has 0 saturated carbocycles. The zero-order valence-corrected chi connectivity index (χ0v) is 12.3. The molecule has 1 heterocycles. The average molecular weight is 335 g/mol. The SMILES string of the molecule is NC(=NO)c1ncccc1CNCc1ccccc1Br. The molecule has 0 aliphatic carbocycles. The molecule has 1 aromatic heterocycles. The summed E-state index contributed by atoms with van der Waals surface area (Å²) >= 11 is 3.51. The molecule has 0 bridgehead atoms. The molecule has 0 radical (unpaired) electrons. The van der Waals surface area contributed by atoms with E-state index in [1.807, 2.05) is 36.4 Å². The van der Waals surface area contributed by atoms with Crippen LogP contribution in [0.5, 0.6) is 0 Å². The third-order valence-corrected chi connectivity index (χ3v) is 3.60. The second-order valence-electron chi connectivity index (χ2n) is 4.19. The van der Waals surface area contributed by atoms with E-state index >= 15 is 0 Å². The van der Waals surface area contributed by atoms with Gasteiger partial charge in [0.15, 0.2) is 5.84 Å². The summed E-state index contributed by atoms with van der Waals surface area (Å²) in [6.07, 6.45) is 1.62. The molecule has 0 amide bonds. The predicted molar refractivity (Wildman–Crippen MR) is 81.4 cm³/mol. The van der Waals surface area contributed by atoms with Crippen molar-refractivity contribution in [3.05, 3.63) is 63.9 Å². The highest BCUT2D eigenvalue weighted by Gasteiger charge is 2.07. The van der Waals surface area contributed by atoms with E-state index in [9.17, 15) is 0 Å². The monoisotopic (exact) mass is 334 g/mol. The molecule has 6 heteroatoms. The Hall–Kier alpha value is -1.92. The normalized spacial score (nSPS) is 11.6. The molecule has 4 N–H and O–H groups in total. The lowest BCUT2D eigenvalue weighted by molar-refractivity contribution is 0.318. The zero-order chi connectivity index (χ0) is 14.4. The molecule has 2 aromatic rings. The van der Waals surface area contributed by atoms with Crippen molar-refractivity contribution in [2.24, 2.45) is 10.9 Å². The number of benzene rings is 1. The Morgan fingerprint density at radius 2 is 1.90 bits per heavy atom. The van der Waals surface area contributed by atoms with Crippen LogP contribution in [0.1, 0.15) is 16.8 Å². The van der Waals surface area contributed by atoms with Crippen LogP contribution in [0.25, 0.3) is 0 Å². The van der Waals surface area contributed by atoms with Crippen LogP contribution in [0, 0.1) is 0 Å². The molecule has 0 aliphatic heterocycles. The minimum absolute atomic E-state index is 0.0169. The minimum atomic E-state index is 0.0169. The number of nitrogens with two attached hydrogens (primary N) is 1. The first-order chi connectivity index (χ1) is 9.72. The molecule has 5 nitrogen and oxygen atoms in total. The van der Waals surface area contributed by atoms with E-state index in [0.717, 1.165) is 10.0 Å². The maximum atomic E-state index is 8.75. The molecule has 0 atom stereocenters. The number of halogens is 1. The Bertz CT molecular complexity index is 616. The van der Waals surface area contributed by atoms with Gasteiger partial charge in [0, 0.05) is 23.8 Å². The number of amidine groups is 1. The Kier molecular flexibility index (Phi) is 5.09. The lowest BCUT2D eigenvalue weighted by Gasteiger charge is -2.09. The number of oxime groups is 1. The fourth-order valence-electron chi connectivity index (χ4n) is 1.83. The van der Waals surface area contributed by atoms with Crippen LogP contribution in [-0.2, 0) is 13.1 Å². The van der Waals surface area contributed by atoms with E-state index in [4.69, 9.17) is 10.9 Å². The molecule has 0 spiro atoms. The van der Waals surface area contributed by atoms with Gasteiger partial charge in [0.05, 0.1) is 0 Å². The van der Waals surface area contributed by atoms with Crippen LogP contribution in [0.3, 0.4) is 0 Å². The number of nitrogens with one attached hydrogen (secondary N) is 1. The maximum absolute atomic E-state index is 8.75. The predicted octanol–water partition coefficient (Wildman–Crippen LogP) is 2.23. The van der Waals surface area contributed by atoms with E-state index < -0.39 is 0 Å². The topological polar surface area (TPSA) is 83.5 Å². The van der Waals surface area contributed by atoms with E-state index in [1.54, 1.807) is 6.20 Å². The molecule has 2 rings (SSSR count). The number of nitrogens with zero attached hydrogens (tertiary/aromatic N) is 2. The van der Waals surface area contributed by atoms with E-state index in [2.05, 4.69) is 31.4 Å². The lowest BCUT2D eigenvalue weighted by Crippen LogP contribution is -2.21. The van der Waals surface area contributed by atoms with Crippen molar-refractivity contribution >= 4 is 21.8 Å². The highest BCUT2D eigenvalue weighted by molar-refractivity contribution is 9.10. The van der Waals surface area contributed by atoms with Crippen LogP contribution in [0.4, 0.5) is 0 Å². The quantitative estimate of drug-likeness (QED) is 0.339. The van der Waals surface area contributed by atoms with Crippen molar-refractivity contribution in [2.75, 3.05) is 0 Å². The first-order valence-corrected chi connectivity index (χ1v) is 6.87. The van der Waals surface area contributed by atoms with Crippen LogP contribution < -0.4 is 11.1 Å². The Balaban J connectivity index is 2.03. The number of hydrogen-bond donors (Lipinski definition) is 3. The molecular formula is C14H15BrN4O. The molecule has 0 saturated heterocycles. The maximum Gasteiger partial charge on any atom is 0.189 e. The summed E-state index contributed by atoms with van der Waals surface area (Å²) < 4.78 is 1.07. The summed E-state index contributed by atoms with van der Waals surface area (Å²) in [6.45, 7) is 1.30. The molecule has 0 fully saturated rings. The summed E-state index contributed by atoms with van der Waals surface area (Å²) in [5.41, 5.74) is 8.15. The third-order valence-electron chi connectivity index (χ3n) is 2.83. The van der Waals surface area contributed by atoms with Crippen LogP contribution in [-0.4, -0.2) is 16.0 Å². The second kappa shape index (κ2) is 7.02. The molecular weight excluding hydrogens is 320 g/mol. The highest BCUT2D eigenvalue weighted by Crippen LogP contribution is 2.15. The standard InChI is InChI=1S/C14H15BrN4O/c15-12-6-2-1-4-10(12)8-17-9-11-5-3-7-18-13(11)14(16)19-20/h1-7,17,20H,8-9H2,(H2,16,19). The molecule has 104 valence electrons. The smallest absolute Gasteiger partial charge is 0.189 e. The largest absolute Gasteiger partial charge is 0.409 e. The van der Waals surface area contributed by atoms with Crippen LogP contribution >= 0.6 is 15.9 Å². The van der Waals surface area contributed by atoms with Gasteiger partial charge in [0.1, 0.15) is 5.69 Å². The third kappa shape index (κ3) is 3.55. The van der Waals surface area contributed by atoms with Gasteiger partial charge >= 0.3 is 0 Å².